The predicted octanol–water partition coefficient (Wildman–Crippen LogP) is 1.74. The van der Waals surface area contributed by atoms with Gasteiger partial charge in [-0.3, -0.25) is 4.79 Å². The Morgan fingerprint density at radius 3 is 2.64 bits per heavy atom. The summed E-state index contributed by atoms with van der Waals surface area (Å²) in [5.74, 6) is 0.0373. The Kier molecular flexibility index (Phi) is 2.57. The van der Waals surface area contributed by atoms with Gasteiger partial charge in [-0.25, -0.2) is 0 Å². The molecule has 0 aliphatic rings. The molecule has 0 saturated carbocycles. The van der Waals surface area contributed by atoms with Crippen molar-refractivity contribution in [2.75, 3.05) is 14.1 Å². The molecule has 0 aliphatic heterocycles. The smallest absolute Gasteiger partial charge is 0.263 e. The third-order valence-corrected chi connectivity index (χ3v) is 2.55. The molecule has 0 radical (unpaired) electrons. The zero-order valence-corrected chi connectivity index (χ0v) is 8.08. The first kappa shape index (κ1) is 8.62. The van der Waals surface area contributed by atoms with Crippen LogP contribution in [0, 0.1) is 0 Å². The van der Waals surface area contributed by atoms with Gasteiger partial charge in [0.2, 0.25) is 0 Å². The van der Waals surface area contributed by atoms with E-state index in [4.69, 9.17) is 0 Å². The van der Waals surface area contributed by atoms with Gasteiger partial charge in [0.25, 0.3) is 5.91 Å². The SMILES string of the molecule is CN(C)C(=O)c1cc(S)cs1. The fourth-order valence-electron chi connectivity index (χ4n) is 0.659. The normalized spacial score (nSPS) is 9.73. The Labute approximate surface area is 75.2 Å². The molecule has 0 saturated heterocycles. The standard InChI is InChI=1S/C7H9NOS2/c1-8(2)7(9)6-3-5(10)4-11-6/h3-4,10H,1-2H3. The zero-order valence-electron chi connectivity index (χ0n) is 6.37. The first-order valence-electron chi connectivity index (χ1n) is 3.10. The molecule has 1 aromatic heterocycles. The number of amides is 1. The van der Waals surface area contributed by atoms with E-state index in [2.05, 4.69) is 12.6 Å². The fraction of sp³-hybridized carbons (Fsp3) is 0.286. The van der Waals surface area contributed by atoms with Crippen LogP contribution >= 0.6 is 24.0 Å². The topological polar surface area (TPSA) is 20.3 Å². The van der Waals surface area contributed by atoms with Crippen LogP contribution in [0.5, 0.6) is 0 Å². The van der Waals surface area contributed by atoms with Crippen molar-refractivity contribution in [3.63, 3.8) is 0 Å². The molecule has 0 aromatic carbocycles. The molecule has 1 amide bonds. The number of carbonyl (C=O) groups is 1. The molecule has 11 heavy (non-hydrogen) atoms. The lowest BCUT2D eigenvalue weighted by Crippen LogP contribution is -2.20. The summed E-state index contributed by atoms with van der Waals surface area (Å²) in [5, 5.41) is 1.85. The molecule has 0 atom stereocenters. The van der Waals surface area contributed by atoms with Crippen LogP contribution in [0.4, 0.5) is 0 Å². The highest BCUT2D eigenvalue weighted by Gasteiger charge is 2.08. The first-order valence-corrected chi connectivity index (χ1v) is 4.43. The average Bonchev–Trinajstić information content (AvgIpc) is 2.34. The Balaban J connectivity index is 2.85. The van der Waals surface area contributed by atoms with Crippen molar-refractivity contribution in [1.29, 1.82) is 0 Å². The number of thiol groups is 1. The molecular formula is C7H9NOS2. The van der Waals surface area contributed by atoms with Gasteiger partial charge >= 0.3 is 0 Å². The lowest BCUT2D eigenvalue weighted by atomic mass is 10.4. The van der Waals surface area contributed by atoms with E-state index < -0.39 is 0 Å². The minimum Gasteiger partial charge on any atom is -0.344 e. The van der Waals surface area contributed by atoms with Crippen LogP contribution in [0.15, 0.2) is 16.3 Å². The molecule has 1 rings (SSSR count). The molecule has 2 nitrogen and oxygen atoms in total. The average molecular weight is 187 g/mol. The van der Waals surface area contributed by atoms with Gasteiger partial charge in [-0.05, 0) is 6.07 Å². The number of hydrogen-bond acceptors (Lipinski definition) is 3. The Morgan fingerprint density at radius 1 is 1.64 bits per heavy atom. The Hall–Kier alpha value is -0.480. The summed E-state index contributed by atoms with van der Waals surface area (Å²) in [6, 6.07) is 1.77. The summed E-state index contributed by atoms with van der Waals surface area (Å²) in [6.07, 6.45) is 0. The molecule has 0 N–H and O–H groups in total. The molecule has 0 bridgehead atoms. The van der Waals surface area contributed by atoms with E-state index in [0.717, 1.165) is 9.77 Å². The van der Waals surface area contributed by atoms with Crippen molar-refractivity contribution in [3.8, 4) is 0 Å². The van der Waals surface area contributed by atoms with E-state index in [9.17, 15) is 4.79 Å². The molecular weight excluding hydrogens is 178 g/mol. The Bertz CT molecular complexity index is 267. The highest BCUT2D eigenvalue weighted by atomic mass is 32.1. The van der Waals surface area contributed by atoms with Crippen LogP contribution in [0.25, 0.3) is 0 Å². The maximum atomic E-state index is 11.3. The van der Waals surface area contributed by atoms with Gasteiger partial charge < -0.3 is 4.90 Å². The number of nitrogens with zero attached hydrogens (tertiary/aromatic N) is 1. The second-order valence-corrected chi connectivity index (χ2v) is 3.80. The van der Waals surface area contributed by atoms with Crippen LogP contribution in [0.1, 0.15) is 9.67 Å². The number of hydrogen-bond donors (Lipinski definition) is 1. The summed E-state index contributed by atoms with van der Waals surface area (Å²) in [6.45, 7) is 0. The predicted molar refractivity (Wildman–Crippen MR) is 49.6 cm³/mol. The number of rotatable bonds is 1. The molecule has 60 valence electrons. The molecule has 1 aromatic rings. The van der Waals surface area contributed by atoms with Gasteiger partial charge in [0.15, 0.2) is 0 Å². The third kappa shape index (κ3) is 1.97. The Morgan fingerprint density at radius 2 is 2.27 bits per heavy atom. The van der Waals surface area contributed by atoms with Gasteiger partial charge in [-0.1, -0.05) is 0 Å². The van der Waals surface area contributed by atoms with E-state index in [1.54, 1.807) is 25.1 Å². The fourth-order valence-corrected chi connectivity index (χ4v) is 1.83. The summed E-state index contributed by atoms with van der Waals surface area (Å²) in [7, 11) is 3.47. The van der Waals surface area contributed by atoms with Crippen molar-refractivity contribution in [2.45, 2.75) is 4.90 Å². The second kappa shape index (κ2) is 3.28. The van der Waals surface area contributed by atoms with E-state index >= 15 is 0 Å². The molecule has 4 heteroatoms. The molecule has 0 fully saturated rings. The van der Waals surface area contributed by atoms with Gasteiger partial charge in [0.1, 0.15) is 0 Å². The van der Waals surface area contributed by atoms with Gasteiger partial charge in [0.05, 0.1) is 4.88 Å². The third-order valence-electron chi connectivity index (χ3n) is 1.20. The highest BCUT2D eigenvalue weighted by Crippen LogP contribution is 2.18. The highest BCUT2D eigenvalue weighted by molar-refractivity contribution is 7.80. The number of carbonyl (C=O) groups excluding carboxylic acids is 1. The van der Waals surface area contributed by atoms with Gasteiger partial charge in [-0.15, -0.1) is 24.0 Å². The van der Waals surface area contributed by atoms with Crippen molar-refractivity contribution in [1.82, 2.24) is 4.90 Å². The zero-order chi connectivity index (χ0) is 8.43. The summed E-state index contributed by atoms with van der Waals surface area (Å²) in [4.78, 5) is 14.4. The quantitative estimate of drug-likeness (QED) is 0.664. The van der Waals surface area contributed by atoms with Crippen LogP contribution in [0.2, 0.25) is 0 Å². The minimum absolute atomic E-state index is 0.0373. The van der Waals surface area contributed by atoms with E-state index in [-0.39, 0.29) is 5.91 Å². The monoisotopic (exact) mass is 187 g/mol. The maximum Gasteiger partial charge on any atom is 0.263 e. The van der Waals surface area contributed by atoms with Crippen LogP contribution in [-0.4, -0.2) is 24.9 Å². The lowest BCUT2D eigenvalue weighted by molar-refractivity contribution is 0.0832. The summed E-state index contributed by atoms with van der Waals surface area (Å²) < 4.78 is 0. The largest absolute Gasteiger partial charge is 0.344 e. The molecule has 1 heterocycles. The second-order valence-electron chi connectivity index (χ2n) is 2.37. The van der Waals surface area contributed by atoms with Crippen LogP contribution in [-0.2, 0) is 0 Å². The number of thiophene rings is 1. The van der Waals surface area contributed by atoms with Crippen molar-refractivity contribution in [2.24, 2.45) is 0 Å². The van der Waals surface area contributed by atoms with E-state index in [0.29, 0.717) is 0 Å². The molecule has 0 spiro atoms. The summed E-state index contributed by atoms with van der Waals surface area (Å²) >= 11 is 5.53. The van der Waals surface area contributed by atoms with Crippen molar-refractivity contribution in [3.05, 3.63) is 16.3 Å². The first-order chi connectivity index (χ1) is 5.11. The van der Waals surface area contributed by atoms with Crippen LogP contribution < -0.4 is 0 Å². The van der Waals surface area contributed by atoms with E-state index in [1.165, 1.54) is 11.3 Å². The summed E-state index contributed by atoms with van der Waals surface area (Å²) in [5.41, 5.74) is 0. The van der Waals surface area contributed by atoms with Gasteiger partial charge in [-0.2, -0.15) is 0 Å². The lowest BCUT2D eigenvalue weighted by Gasteiger charge is -2.06. The molecule has 0 unspecified atom stereocenters. The minimum atomic E-state index is 0.0373. The maximum absolute atomic E-state index is 11.3. The van der Waals surface area contributed by atoms with Crippen molar-refractivity contribution < 1.29 is 4.79 Å². The van der Waals surface area contributed by atoms with E-state index in [1.807, 2.05) is 5.38 Å². The van der Waals surface area contributed by atoms with Gasteiger partial charge in [0, 0.05) is 24.4 Å². The van der Waals surface area contributed by atoms with Crippen LogP contribution in [0.3, 0.4) is 0 Å². The molecule has 0 aliphatic carbocycles. The van der Waals surface area contributed by atoms with Crippen molar-refractivity contribution >= 4 is 29.9 Å².